The summed E-state index contributed by atoms with van der Waals surface area (Å²) in [7, 11) is 0. The number of anilines is 1. The number of fused-ring (bicyclic) bond motifs is 1. The number of carbonyl (C=O) groups is 1. The summed E-state index contributed by atoms with van der Waals surface area (Å²) in [6.07, 6.45) is 0. The van der Waals surface area contributed by atoms with Crippen molar-refractivity contribution < 1.29 is 13.9 Å². The van der Waals surface area contributed by atoms with Gasteiger partial charge in [-0.1, -0.05) is 0 Å². The Bertz CT molecular complexity index is 460. The second kappa shape index (κ2) is 4.00. The zero-order valence-corrected chi connectivity index (χ0v) is 9.28. The first-order valence-electron chi connectivity index (χ1n) is 5.70. The van der Waals surface area contributed by atoms with Gasteiger partial charge in [0, 0.05) is 19.2 Å². The van der Waals surface area contributed by atoms with E-state index in [1.54, 1.807) is 11.0 Å². The fraction of sp³-hybridized carbons (Fsp3) is 0.417. The molecule has 3 rings (SSSR count). The summed E-state index contributed by atoms with van der Waals surface area (Å²) in [5.41, 5.74) is 0.676. The third-order valence-electron chi connectivity index (χ3n) is 3.18. The van der Waals surface area contributed by atoms with Crippen LogP contribution in [0.4, 0.5) is 10.1 Å². The molecule has 0 atom stereocenters. The average Bonchev–Trinajstić information content (AvgIpc) is 2.25. The second-order valence-corrected chi connectivity index (χ2v) is 4.31. The molecule has 2 aliphatic rings. The molecular weight excluding hydrogens is 223 g/mol. The molecule has 2 heterocycles. The highest BCUT2D eigenvalue weighted by atomic mass is 19.1. The van der Waals surface area contributed by atoms with Gasteiger partial charge in [-0.2, -0.15) is 0 Å². The Kier molecular flexibility index (Phi) is 2.48. The van der Waals surface area contributed by atoms with Crippen LogP contribution in [0, 0.1) is 11.7 Å². The molecule has 0 radical (unpaired) electrons. The number of nitrogens with zero attached hydrogens (tertiary/aromatic N) is 1. The van der Waals surface area contributed by atoms with E-state index in [0.29, 0.717) is 24.6 Å². The van der Waals surface area contributed by atoms with Crippen molar-refractivity contribution in [3.63, 3.8) is 0 Å². The van der Waals surface area contributed by atoms with Crippen LogP contribution in [0.15, 0.2) is 18.2 Å². The predicted molar refractivity (Wildman–Crippen MR) is 60.6 cm³/mol. The summed E-state index contributed by atoms with van der Waals surface area (Å²) in [6.45, 7) is 2.41. The number of rotatable bonds is 1. The van der Waals surface area contributed by atoms with E-state index in [-0.39, 0.29) is 17.6 Å². The van der Waals surface area contributed by atoms with Crippen molar-refractivity contribution in [1.82, 2.24) is 5.32 Å². The third-order valence-corrected chi connectivity index (χ3v) is 3.18. The first kappa shape index (κ1) is 10.5. The van der Waals surface area contributed by atoms with Gasteiger partial charge in [0.2, 0.25) is 5.91 Å². The van der Waals surface area contributed by atoms with Gasteiger partial charge in [-0.3, -0.25) is 4.79 Å². The Balaban J connectivity index is 1.90. The zero-order valence-electron chi connectivity index (χ0n) is 9.28. The summed E-state index contributed by atoms with van der Waals surface area (Å²) >= 11 is 0. The maximum Gasteiger partial charge on any atom is 0.232 e. The molecule has 90 valence electrons. The number of carbonyl (C=O) groups excluding carboxylic acids is 1. The molecule has 0 saturated carbocycles. The van der Waals surface area contributed by atoms with Crippen LogP contribution in [0.25, 0.3) is 0 Å². The maximum absolute atomic E-state index is 13.1. The van der Waals surface area contributed by atoms with E-state index in [4.69, 9.17) is 4.74 Å². The van der Waals surface area contributed by atoms with Gasteiger partial charge in [-0.25, -0.2) is 4.39 Å². The number of nitrogens with one attached hydrogen (secondary N) is 1. The average molecular weight is 236 g/mol. The normalized spacial score (nSPS) is 19.2. The van der Waals surface area contributed by atoms with Crippen LogP contribution >= 0.6 is 0 Å². The van der Waals surface area contributed by atoms with Crippen molar-refractivity contribution >= 4 is 11.6 Å². The molecule has 1 fully saturated rings. The Morgan fingerprint density at radius 2 is 2.29 bits per heavy atom. The molecule has 2 aliphatic heterocycles. The molecule has 5 heteroatoms. The molecule has 0 bridgehead atoms. The lowest BCUT2D eigenvalue weighted by atomic mass is 10.0. The van der Waals surface area contributed by atoms with Crippen LogP contribution in [-0.4, -0.2) is 32.1 Å². The lowest BCUT2D eigenvalue weighted by molar-refractivity contribution is -0.124. The van der Waals surface area contributed by atoms with Gasteiger partial charge in [0.25, 0.3) is 0 Å². The van der Waals surface area contributed by atoms with Gasteiger partial charge < -0.3 is 15.0 Å². The maximum atomic E-state index is 13.1. The molecule has 0 spiro atoms. The summed E-state index contributed by atoms with van der Waals surface area (Å²) in [5.74, 6) is 0.256. The highest BCUT2D eigenvalue weighted by Crippen LogP contribution is 2.33. The molecule has 4 nitrogen and oxygen atoms in total. The van der Waals surface area contributed by atoms with Gasteiger partial charge in [0.05, 0.1) is 18.2 Å². The van der Waals surface area contributed by atoms with Gasteiger partial charge in [-0.05, 0) is 12.1 Å². The highest BCUT2D eigenvalue weighted by Gasteiger charge is 2.32. The standard InChI is InChI=1S/C12H13FN2O2/c13-9-1-2-10-11(5-9)17-4-3-15(10)12(16)8-6-14-7-8/h1-2,5,8,14H,3-4,6-7H2. The van der Waals surface area contributed by atoms with Crippen LogP contribution in [0.2, 0.25) is 0 Å². The van der Waals surface area contributed by atoms with E-state index < -0.39 is 0 Å². The molecule has 0 aliphatic carbocycles. The number of amides is 1. The van der Waals surface area contributed by atoms with Gasteiger partial charge in [-0.15, -0.1) is 0 Å². The SMILES string of the molecule is O=C(C1CNC1)N1CCOc2cc(F)ccc21. The van der Waals surface area contributed by atoms with E-state index >= 15 is 0 Å². The van der Waals surface area contributed by atoms with E-state index in [2.05, 4.69) is 5.32 Å². The minimum Gasteiger partial charge on any atom is -0.489 e. The number of hydrogen-bond donors (Lipinski definition) is 1. The van der Waals surface area contributed by atoms with E-state index in [9.17, 15) is 9.18 Å². The molecule has 1 saturated heterocycles. The quantitative estimate of drug-likeness (QED) is 0.783. The Morgan fingerprint density at radius 3 is 3.00 bits per heavy atom. The molecule has 0 aromatic heterocycles. The van der Waals surface area contributed by atoms with Gasteiger partial charge >= 0.3 is 0 Å². The van der Waals surface area contributed by atoms with Crippen molar-refractivity contribution in [2.45, 2.75) is 0 Å². The van der Waals surface area contributed by atoms with Crippen molar-refractivity contribution in [3.8, 4) is 5.75 Å². The third kappa shape index (κ3) is 1.76. The van der Waals surface area contributed by atoms with Crippen LogP contribution in [0.3, 0.4) is 0 Å². The lowest BCUT2D eigenvalue weighted by Gasteiger charge is -2.35. The molecule has 17 heavy (non-hydrogen) atoms. The van der Waals surface area contributed by atoms with E-state index in [1.165, 1.54) is 12.1 Å². The van der Waals surface area contributed by atoms with Gasteiger partial charge in [0.1, 0.15) is 18.2 Å². The molecule has 1 N–H and O–H groups in total. The summed E-state index contributed by atoms with van der Waals surface area (Å²) < 4.78 is 18.4. The number of halogens is 1. The van der Waals surface area contributed by atoms with Gasteiger partial charge in [0.15, 0.2) is 0 Å². The summed E-state index contributed by atoms with van der Waals surface area (Å²) in [4.78, 5) is 13.9. The fourth-order valence-corrected chi connectivity index (χ4v) is 2.11. The first-order chi connectivity index (χ1) is 8.25. The second-order valence-electron chi connectivity index (χ2n) is 4.31. The van der Waals surface area contributed by atoms with E-state index in [1.807, 2.05) is 0 Å². The summed E-state index contributed by atoms with van der Waals surface area (Å²) in [5, 5.41) is 3.08. The number of hydrogen-bond acceptors (Lipinski definition) is 3. The highest BCUT2D eigenvalue weighted by molar-refractivity contribution is 5.97. The van der Waals surface area contributed by atoms with Crippen molar-refractivity contribution in [2.24, 2.45) is 5.92 Å². The molecule has 1 aromatic carbocycles. The Hall–Kier alpha value is -1.62. The Labute approximate surface area is 98.4 Å². The van der Waals surface area contributed by atoms with Crippen LogP contribution in [-0.2, 0) is 4.79 Å². The monoisotopic (exact) mass is 236 g/mol. The molecule has 1 aromatic rings. The predicted octanol–water partition coefficient (Wildman–Crippen LogP) is 0.770. The largest absolute Gasteiger partial charge is 0.489 e. The Morgan fingerprint density at radius 1 is 1.47 bits per heavy atom. The topological polar surface area (TPSA) is 41.6 Å². The zero-order chi connectivity index (χ0) is 11.8. The van der Waals surface area contributed by atoms with Crippen molar-refractivity contribution in [2.75, 3.05) is 31.1 Å². The van der Waals surface area contributed by atoms with Crippen LogP contribution in [0.1, 0.15) is 0 Å². The minimum absolute atomic E-state index is 0.0472. The smallest absolute Gasteiger partial charge is 0.232 e. The number of ether oxygens (including phenoxy) is 1. The van der Waals surface area contributed by atoms with Crippen molar-refractivity contribution in [3.05, 3.63) is 24.0 Å². The molecule has 1 amide bonds. The molecule has 0 unspecified atom stereocenters. The van der Waals surface area contributed by atoms with Crippen LogP contribution in [0.5, 0.6) is 5.75 Å². The van der Waals surface area contributed by atoms with Crippen LogP contribution < -0.4 is 15.0 Å². The molecular formula is C12H13FN2O2. The van der Waals surface area contributed by atoms with E-state index in [0.717, 1.165) is 13.1 Å². The minimum atomic E-state index is -0.344. The fourth-order valence-electron chi connectivity index (χ4n) is 2.11. The van der Waals surface area contributed by atoms with Crippen molar-refractivity contribution in [1.29, 1.82) is 0 Å². The first-order valence-corrected chi connectivity index (χ1v) is 5.70. The number of benzene rings is 1. The summed E-state index contributed by atoms with van der Waals surface area (Å²) in [6, 6.07) is 4.29. The lowest BCUT2D eigenvalue weighted by Crippen LogP contribution is -2.53.